The number of hydrogen-bond acceptors (Lipinski definition) is 7. The van der Waals surface area contributed by atoms with E-state index >= 15 is 0 Å². The van der Waals surface area contributed by atoms with Crippen LogP contribution < -0.4 is 19.5 Å². The lowest BCUT2D eigenvalue weighted by Gasteiger charge is -2.32. The van der Waals surface area contributed by atoms with Gasteiger partial charge in [0.15, 0.2) is 23.1 Å². The van der Waals surface area contributed by atoms with E-state index in [-0.39, 0.29) is 11.6 Å². The fourth-order valence-corrected chi connectivity index (χ4v) is 4.44. The first-order valence-corrected chi connectivity index (χ1v) is 10.6. The largest absolute Gasteiger partial charge is 0.493 e. The van der Waals surface area contributed by atoms with Crippen molar-refractivity contribution in [2.45, 2.75) is 25.3 Å². The highest BCUT2D eigenvalue weighted by molar-refractivity contribution is 5.99. The van der Waals surface area contributed by atoms with E-state index in [0.29, 0.717) is 46.6 Å². The fourth-order valence-electron chi connectivity index (χ4n) is 4.44. The van der Waals surface area contributed by atoms with Crippen LogP contribution in [0.3, 0.4) is 0 Å². The molecule has 1 aliphatic carbocycles. The van der Waals surface area contributed by atoms with Crippen LogP contribution in [0, 0.1) is 5.82 Å². The molecule has 9 heteroatoms. The number of hydrogen-bond donors (Lipinski definition) is 1. The molecule has 0 radical (unpaired) electrons. The van der Waals surface area contributed by atoms with Gasteiger partial charge in [-0.2, -0.15) is 4.98 Å². The van der Waals surface area contributed by atoms with Crippen LogP contribution in [0.25, 0.3) is 11.4 Å². The molecule has 1 aromatic heterocycles. The fraction of sp³-hybridized carbons (Fsp3) is 0.292. The van der Waals surface area contributed by atoms with Crippen LogP contribution in [0.4, 0.5) is 10.3 Å². The highest BCUT2D eigenvalue weighted by atomic mass is 19.1. The van der Waals surface area contributed by atoms with Gasteiger partial charge in [-0.05, 0) is 42.7 Å². The van der Waals surface area contributed by atoms with E-state index in [0.717, 1.165) is 24.1 Å². The molecule has 8 nitrogen and oxygen atoms in total. The highest BCUT2D eigenvalue weighted by Gasteiger charge is 2.37. The van der Waals surface area contributed by atoms with E-state index in [1.807, 2.05) is 0 Å². The van der Waals surface area contributed by atoms with E-state index in [1.165, 1.54) is 19.2 Å². The van der Waals surface area contributed by atoms with Crippen molar-refractivity contribution >= 4 is 11.7 Å². The van der Waals surface area contributed by atoms with Crippen molar-refractivity contribution in [1.82, 2.24) is 14.8 Å². The molecule has 0 spiro atoms. The molecule has 0 saturated carbocycles. The molecule has 33 heavy (non-hydrogen) atoms. The van der Waals surface area contributed by atoms with Gasteiger partial charge in [-0.25, -0.2) is 9.07 Å². The number of anilines is 1. The number of fused-ring (bicyclic) bond motifs is 1. The second kappa shape index (κ2) is 8.23. The van der Waals surface area contributed by atoms with Gasteiger partial charge in [-0.3, -0.25) is 4.79 Å². The topological polar surface area (TPSA) is 87.5 Å². The molecule has 5 rings (SSSR count). The molecule has 3 aromatic rings. The average molecular weight is 450 g/mol. The number of ketones is 1. The number of Topliss-reactive ketones (excluding diaryl/α,β-unsaturated/α-hetero) is 1. The number of halogens is 1. The van der Waals surface area contributed by atoms with Gasteiger partial charge < -0.3 is 19.5 Å². The lowest BCUT2D eigenvalue weighted by Crippen LogP contribution is -2.31. The van der Waals surface area contributed by atoms with Crippen molar-refractivity contribution in [3.63, 3.8) is 0 Å². The highest BCUT2D eigenvalue weighted by Crippen LogP contribution is 2.43. The number of carbonyl (C=O) groups is 1. The Morgan fingerprint density at radius 3 is 2.36 bits per heavy atom. The molecule has 2 heterocycles. The molecule has 2 aromatic carbocycles. The first-order valence-electron chi connectivity index (χ1n) is 10.6. The number of benzene rings is 2. The van der Waals surface area contributed by atoms with Gasteiger partial charge in [-0.1, -0.05) is 12.1 Å². The minimum Gasteiger partial charge on any atom is -0.493 e. The Bertz CT molecular complexity index is 1240. The van der Waals surface area contributed by atoms with Crippen LogP contribution in [0.2, 0.25) is 0 Å². The quantitative estimate of drug-likeness (QED) is 0.625. The molecule has 170 valence electrons. The third-order valence-corrected chi connectivity index (χ3v) is 5.98. The second-order valence-electron chi connectivity index (χ2n) is 7.87. The maximum absolute atomic E-state index is 13.6. The van der Waals surface area contributed by atoms with Crippen LogP contribution in [-0.2, 0) is 4.79 Å². The van der Waals surface area contributed by atoms with Gasteiger partial charge in [0.25, 0.3) is 0 Å². The Hall–Kier alpha value is -3.88. The average Bonchev–Trinajstić information content (AvgIpc) is 3.26. The molecular formula is C24H23FN4O4. The predicted octanol–water partition coefficient (Wildman–Crippen LogP) is 4.13. The summed E-state index contributed by atoms with van der Waals surface area (Å²) in [6.07, 6.45) is 1.99. The van der Waals surface area contributed by atoms with Crippen molar-refractivity contribution in [1.29, 1.82) is 0 Å². The zero-order valence-electron chi connectivity index (χ0n) is 18.5. The lowest BCUT2D eigenvalue weighted by atomic mass is 9.85. The minimum absolute atomic E-state index is 0.0635. The van der Waals surface area contributed by atoms with E-state index in [1.54, 1.807) is 43.2 Å². The van der Waals surface area contributed by atoms with Crippen molar-refractivity contribution in [2.75, 3.05) is 26.6 Å². The summed E-state index contributed by atoms with van der Waals surface area (Å²) < 4.78 is 31.7. The summed E-state index contributed by atoms with van der Waals surface area (Å²) in [6, 6.07) is 9.20. The number of methoxy groups -OCH3 is 3. The van der Waals surface area contributed by atoms with Crippen LogP contribution in [0.5, 0.6) is 17.2 Å². The van der Waals surface area contributed by atoms with Crippen molar-refractivity contribution < 1.29 is 23.4 Å². The van der Waals surface area contributed by atoms with Crippen LogP contribution in [0.1, 0.15) is 30.9 Å². The predicted molar refractivity (Wildman–Crippen MR) is 119 cm³/mol. The smallest absolute Gasteiger partial charge is 0.226 e. The molecule has 2 aliphatic rings. The van der Waals surface area contributed by atoms with Gasteiger partial charge >= 0.3 is 0 Å². The lowest BCUT2D eigenvalue weighted by molar-refractivity contribution is -0.116. The van der Waals surface area contributed by atoms with Gasteiger partial charge in [0.2, 0.25) is 11.7 Å². The Morgan fingerprint density at radius 2 is 1.73 bits per heavy atom. The molecular weight excluding hydrogens is 427 g/mol. The summed E-state index contributed by atoms with van der Waals surface area (Å²) in [4.78, 5) is 17.6. The normalized spacial score (nSPS) is 17.2. The molecule has 0 unspecified atom stereocenters. The molecule has 0 bridgehead atoms. The number of ether oxygens (including phenoxy) is 3. The first-order chi connectivity index (χ1) is 16.0. The number of allylic oxidation sites excluding steroid dienone is 2. The Labute approximate surface area is 190 Å². The van der Waals surface area contributed by atoms with E-state index < -0.39 is 6.04 Å². The number of aromatic nitrogens is 3. The molecule has 0 saturated heterocycles. The SMILES string of the molecule is COc1cc(-c2nc3n(n2)[C@@H](c2ccc(F)cc2)C2=C(CCCC2=O)N3)cc(OC)c1OC. The van der Waals surface area contributed by atoms with Crippen molar-refractivity contribution in [3.8, 4) is 28.6 Å². The van der Waals surface area contributed by atoms with Crippen LogP contribution in [-0.4, -0.2) is 41.9 Å². The number of rotatable bonds is 5. The Morgan fingerprint density at radius 1 is 1.03 bits per heavy atom. The summed E-state index contributed by atoms with van der Waals surface area (Å²) in [5.74, 6) is 2.10. The second-order valence-corrected chi connectivity index (χ2v) is 7.87. The van der Waals surface area contributed by atoms with Crippen LogP contribution in [0.15, 0.2) is 47.7 Å². The monoisotopic (exact) mass is 450 g/mol. The van der Waals surface area contributed by atoms with Gasteiger partial charge in [0, 0.05) is 23.3 Å². The molecule has 1 atom stereocenters. The van der Waals surface area contributed by atoms with E-state index in [9.17, 15) is 9.18 Å². The summed E-state index contributed by atoms with van der Waals surface area (Å²) in [5, 5.41) is 8.04. The molecule has 1 aliphatic heterocycles. The summed E-state index contributed by atoms with van der Waals surface area (Å²) in [5.41, 5.74) is 2.93. The van der Waals surface area contributed by atoms with E-state index in [4.69, 9.17) is 24.3 Å². The van der Waals surface area contributed by atoms with Crippen molar-refractivity contribution in [3.05, 3.63) is 59.0 Å². The zero-order valence-corrected chi connectivity index (χ0v) is 18.5. The minimum atomic E-state index is -0.493. The van der Waals surface area contributed by atoms with Gasteiger partial charge in [0.05, 0.1) is 21.3 Å². The summed E-state index contributed by atoms with van der Waals surface area (Å²) >= 11 is 0. The Balaban J connectivity index is 1.66. The molecule has 1 N–H and O–H groups in total. The number of nitrogens with zero attached hydrogens (tertiary/aromatic N) is 3. The third kappa shape index (κ3) is 3.49. The molecule has 0 fully saturated rings. The molecule has 0 amide bonds. The maximum atomic E-state index is 13.6. The Kier molecular flexibility index (Phi) is 5.24. The van der Waals surface area contributed by atoms with Gasteiger partial charge in [-0.15, -0.1) is 5.10 Å². The third-order valence-electron chi connectivity index (χ3n) is 5.98. The van der Waals surface area contributed by atoms with Gasteiger partial charge in [0.1, 0.15) is 11.9 Å². The number of nitrogens with one attached hydrogen (secondary N) is 1. The van der Waals surface area contributed by atoms with Crippen molar-refractivity contribution in [2.24, 2.45) is 0 Å². The summed E-state index contributed by atoms with van der Waals surface area (Å²) in [6.45, 7) is 0. The zero-order chi connectivity index (χ0) is 23.1. The van der Waals surface area contributed by atoms with E-state index in [2.05, 4.69) is 5.32 Å². The maximum Gasteiger partial charge on any atom is 0.226 e. The summed E-state index contributed by atoms with van der Waals surface area (Å²) in [7, 11) is 4.63. The first kappa shape index (κ1) is 21.0. The van der Waals surface area contributed by atoms with Crippen LogP contribution >= 0.6 is 0 Å². The standard InChI is InChI=1S/C24H23FN4O4/c1-31-18-11-14(12-19(32-2)22(18)33-3)23-27-24-26-16-5-4-6-17(30)20(16)21(29(24)28-23)13-7-9-15(25)10-8-13/h7-12,21H,4-6H2,1-3H3,(H,26,27,28)/t21-/m0/s1. The number of carbonyl (C=O) groups excluding carboxylic acids is 1.